The number of halogens is 1. The van der Waals surface area contributed by atoms with Crippen LogP contribution in [0.25, 0.3) is 0 Å². The van der Waals surface area contributed by atoms with Gasteiger partial charge in [0.1, 0.15) is 17.1 Å². The summed E-state index contributed by atoms with van der Waals surface area (Å²) in [5, 5.41) is 22.8. The van der Waals surface area contributed by atoms with Gasteiger partial charge in [-0.25, -0.2) is 4.98 Å². The number of aromatic nitrogens is 1. The lowest BCUT2D eigenvalue weighted by atomic mass is 10.1. The van der Waals surface area contributed by atoms with Crippen LogP contribution >= 0.6 is 15.9 Å². The number of phenols is 1. The van der Waals surface area contributed by atoms with Crippen LogP contribution < -0.4 is 5.32 Å². The summed E-state index contributed by atoms with van der Waals surface area (Å²) in [6, 6.07) is 6.53. The fourth-order valence-electron chi connectivity index (χ4n) is 1.66. The molecule has 0 saturated carbocycles. The highest BCUT2D eigenvalue weighted by Crippen LogP contribution is 2.24. The van der Waals surface area contributed by atoms with E-state index in [1.165, 1.54) is 0 Å². The van der Waals surface area contributed by atoms with Crippen molar-refractivity contribution in [1.82, 2.24) is 4.98 Å². The van der Waals surface area contributed by atoms with E-state index in [0.29, 0.717) is 5.69 Å². The normalized spacial score (nSPS) is 10.2. The van der Waals surface area contributed by atoms with E-state index in [-0.39, 0.29) is 22.8 Å². The van der Waals surface area contributed by atoms with Gasteiger partial charge in [-0.05, 0) is 47.1 Å². The largest absolute Gasteiger partial charge is 0.508 e. The minimum absolute atomic E-state index is 0.231. The number of anilines is 1. The van der Waals surface area contributed by atoms with Crippen molar-refractivity contribution in [3.05, 3.63) is 56.2 Å². The van der Waals surface area contributed by atoms with Gasteiger partial charge in [-0.15, -0.1) is 0 Å². The van der Waals surface area contributed by atoms with E-state index in [9.17, 15) is 20.0 Å². The first kappa shape index (κ1) is 14.9. The summed E-state index contributed by atoms with van der Waals surface area (Å²) in [4.78, 5) is 26.5. The zero-order chi connectivity index (χ0) is 15.6. The summed E-state index contributed by atoms with van der Waals surface area (Å²) in [5.41, 5.74) is 0.0414. The Labute approximate surface area is 127 Å². The van der Waals surface area contributed by atoms with Crippen molar-refractivity contribution < 1.29 is 14.8 Å². The highest BCUT2D eigenvalue weighted by molar-refractivity contribution is 9.10. The van der Waals surface area contributed by atoms with Crippen LogP contribution in [0.5, 0.6) is 5.75 Å². The number of rotatable bonds is 3. The van der Waals surface area contributed by atoms with Gasteiger partial charge in [-0.2, -0.15) is 0 Å². The molecule has 0 bridgehead atoms. The Bertz CT molecular complexity index is 733. The molecule has 2 rings (SSSR count). The highest BCUT2D eigenvalue weighted by atomic mass is 79.9. The molecule has 0 unspecified atom stereocenters. The summed E-state index contributed by atoms with van der Waals surface area (Å²) < 4.78 is 0.781. The van der Waals surface area contributed by atoms with Crippen LogP contribution in [0.3, 0.4) is 0 Å². The van der Waals surface area contributed by atoms with Crippen LogP contribution in [0.1, 0.15) is 16.1 Å². The number of nitrogens with zero attached hydrogens (tertiary/aromatic N) is 2. The predicted octanol–water partition coefficient (Wildman–Crippen LogP) is 3.02. The maximum absolute atomic E-state index is 12.1. The Morgan fingerprint density at radius 3 is 2.71 bits per heavy atom. The van der Waals surface area contributed by atoms with Gasteiger partial charge < -0.3 is 10.4 Å². The molecular weight excluding hydrogens is 342 g/mol. The number of aromatic hydroxyl groups is 1. The average Bonchev–Trinajstić information content (AvgIpc) is 2.42. The van der Waals surface area contributed by atoms with Crippen molar-refractivity contribution in [3.8, 4) is 5.75 Å². The quantitative estimate of drug-likeness (QED) is 0.653. The molecular formula is C13H10BrN3O4. The molecule has 108 valence electrons. The minimum Gasteiger partial charge on any atom is -0.508 e. The first-order valence-electron chi connectivity index (χ1n) is 5.80. The second-order valence-electron chi connectivity index (χ2n) is 4.18. The third-order valence-electron chi connectivity index (χ3n) is 2.68. The summed E-state index contributed by atoms with van der Waals surface area (Å²) in [6.45, 7) is 1.75. The van der Waals surface area contributed by atoms with Crippen LogP contribution in [0, 0.1) is 17.0 Å². The molecule has 0 aliphatic rings. The summed E-state index contributed by atoms with van der Waals surface area (Å²) in [5.74, 6) is -0.684. The number of aryl methyl sites for hydroxylation is 1. The Morgan fingerprint density at radius 2 is 2.10 bits per heavy atom. The summed E-state index contributed by atoms with van der Waals surface area (Å²) >= 11 is 3.28. The van der Waals surface area contributed by atoms with E-state index in [1.54, 1.807) is 19.1 Å². The number of carbonyl (C=O) groups is 1. The van der Waals surface area contributed by atoms with E-state index in [4.69, 9.17) is 0 Å². The van der Waals surface area contributed by atoms with Gasteiger partial charge in [0.15, 0.2) is 0 Å². The number of pyridine rings is 1. The Morgan fingerprint density at radius 1 is 1.38 bits per heavy atom. The lowest BCUT2D eigenvalue weighted by Gasteiger charge is -2.07. The molecule has 1 aromatic heterocycles. The van der Waals surface area contributed by atoms with Crippen LogP contribution in [-0.4, -0.2) is 20.9 Å². The molecule has 0 atom stereocenters. The number of phenolic OH excluding ortho intramolecular Hbond substituents is 1. The minimum atomic E-state index is -0.716. The van der Waals surface area contributed by atoms with E-state index in [0.717, 1.165) is 22.7 Å². The van der Waals surface area contributed by atoms with Crippen molar-refractivity contribution >= 4 is 33.3 Å². The van der Waals surface area contributed by atoms with Crippen molar-refractivity contribution in [3.63, 3.8) is 0 Å². The number of nitrogens with one attached hydrogen (secondary N) is 1. The number of carbonyl (C=O) groups excluding carboxylic acids is 1. The summed E-state index contributed by atoms with van der Waals surface area (Å²) in [6.07, 6.45) is 0. The average molecular weight is 352 g/mol. The van der Waals surface area contributed by atoms with Crippen LogP contribution in [-0.2, 0) is 0 Å². The van der Waals surface area contributed by atoms with Gasteiger partial charge in [0.25, 0.3) is 11.6 Å². The van der Waals surface area contributed by atoms with Gasteiger partial charge in [0, 0.05) is 10.5 Å². The lowest BCUT2D eigenvalue weighted by Crippen LogP contribution is -2.15. The second kappa shape index (κ2) is 5.88. The van der Waals surface area contributed by atoms with Gasteiger partial charge in [-0.3, -0.25) is 14.9 Å². The first-order chi connectivity index (χ1) is 9.88. The second-order valence-corrected chi connectivity index (χ2v) is 5.03. The van der Waals surface area contributed by atoms with Gasteiger partial charge >= 0.3 is 0 Å². The summed E-state index contributed by atoms with van der Waals surface area (Å²) in [7, 11) is 0. The molecule has 2 N–H and O–H groups in total. The van der Waals surface area contributed by atoms with Crippen molar-refractivity contribution in [2.24, 2.45) is 0 Å². The van der Waals surface area contributed by atoms with Crippen molar-refractivity contribution in [2.75, 3.05) is 5.32 Å². The molecule has 7 nitrogen and oxygen atoms in total. The molecule has 0 aliphatic heterocycles. The SMILES string of the molecule is Cc1nc(NC(=O)c2cc(O)ccc2[N+](=O)[O-])ccc1Br. The van der Waals surface area contributed by atoms with Crippen LogP contribution in [0.4, 0.5) is 11.5 Å². The Hall–Kier alpha value is -2.48. The Balaban J connectivity index is 2.34. The number of nitro benzene ring substituents is 1. The van der Waals surface area contributed by atoms with E-state index >= 15 is 0 Å². The Kier molecular flexibility index (Phi) is 4.18. The van der Waals surface area contributed by atoms with Crippen LogP contribution in [0.2, 0.25) is 0 Å². The molecule has 21 heavy (non-hydrogen) atoms. The van der Waals surface area contributed by atoms with Gasteiger partial charge in [-0.1, -0.05) is 0 Å². The van der Waals surface area contributed by atoms with E-state index in [2.05, 4.69) is 26.2 Å². The number of nitro groups is 1. The zero-order valence-electron chi connectivity index (χ0n) is 10.8. The molecule has 0 aliphatic carbocycles. The van der Waals surface area contributed by atoms with Crippen molar-refractivity contribution in [2.45, 2.75) is 6.92 Å². The number of amides is 1. The molecule has 2 aromatic rings. The monoisotopic (exact) mass is 351 g/mol. The standard InChI is InChI=1S/C13H10BrN3O4/c1-7-10(14)3-5-12(15-7)16-13(19)9-6-8(18)2-4-11(9)17(20)21/h2-6,18H,1H3,(H,15,16,19). The van der Waals surface area contributed by atoms with Gasteiger partial charge in [0.05, 0.1) is 10.6 Å². The topological polar surface area (TPSA) is 105 Å². The molecule has 0 spiro atoms. The molecule has 0 saturated heterocycles. The fourth-order valence-corrected chi connectivity index (χ4v) is 1.88. The van der Waals surface area contributed by atoms with Gasteiger partial charge in [0.2, 0.25) is 0 Å². The smallest absolute Gasteiger partial charge is 0.282 e. The maximum atomic E-state index is 12.1. The fraction of sp³-hybridized carbons (Fsp3) is 0.0769. The lowest BCUT2D eigenvalue weighted by molar-refractivity contribution is -0.385. The van der Waals surface area contributed by atoms with Crippen molar-refractivity contribution in [1.29, 1.82) is 0 Å². The highest BCUT2D eigenvalue weighted by Gasteiger charge is 2.21. The molecule has 1 heterocycles. The molecule has 0 fully saturated rings. The third kappa shape index (κ3) is 3.34. The molecule has 8 heteroatoms. The predicted molar refractivity (Wildman–Crippen MR) is 79.4 cm³/mol. The van der Waals surface area contributed by atoms with E-state index < -0.39 is 10.8 Å². The molecule has 0 radical (unpaired) electrons. The zero-order valence-corrected chi connectivity index (χ0v) is 12.4. The third-order valence-corrected chi connectivity index (χ3v) is 3.52. The van der Waals surface area contributed by atoms with E-state index in [1.807, 2.05) is 0 Å². The van der Waals surface area contributed by atoms with Crippen LogP contribution in [0.15, 0.2) is 34.8 Å². The number of hydrogen-bond acceptors (Lipinski definition) is 5. The molecule has 1 aromatic carbocycles. The molecule has 1 amide bonds. The first-order valence-corrected chi connectivity index (χ1v) is 6.59. The maximum Gasteiger partial charge on any atom is 0.282 e. The number of benzene rings is 1. The number of hydrogen-bond donors (Lipinski definition) is 2.